The van der Waals surface area contributed by atoms with Crippen molar-refractivity contribution in [2.24, 2.45) is 0 Å². The van der Waals surface area contributed by atoms with Gasteiger partial charge in [-0.25, -0.2) is 0 Å². The van der Waals surface area contributed by atoms with Gasteiger partial charge in [0.1, 0.15) is 5.60 Å². The molecule has 30 heavy (non-hydrogen) atoms. The Morgan fingerprint density at radius 1 is 1.30 bits per heavy atom. The number of hydrogen-bond donors (Lipinski definition) is 3. The molecular weight excluding hydrogens is 400 g/mol. The molecule has 2 aliphatic rings. The summed E-state index contributed by atoms with van der Waals surface area (Å²) < 4.78 is 0. The van der Waals surface area contributed by atoms with E-state index in [4.69, 9.17) is 0 Å². The molecule has 3 N–H and O–H groups in total. The van der Waals surface area contributed by atoms with Crippen LogP contribution in [-0.4, -0.2) is 58.5 Å². The summed E-state index contributed by atoms with van der Waals surface area (Å²) in [7, 11) is 0. The molecule has 1 saturated heterocycles. The van der Waals surface area contributed by atoms with Gasteiger partial charge in [0.25, 0.3) is 5.91 Å². The number of benzene rings is 1. The number of aliphatic hydroxyl groups is 1. The highest BCUT2D eigenvalue weighted by molar-refractivity contribution is 7.09. The zero-order valence-electron chi connectivity index (χ0n) is 17.1. The van der Waals surface area contributed by atoms with Crippen molar-refractivity contribution < 1.29 is 14.7 Å². The van der Waals surface area contributed by atoms with E-state index >= 15 is 0 Å². The third kappa shape index (κ3) is 4.71. The molecule has 1 saturated carbocycles. The van der Waals surface area contributed by atoms with Crippen LogP contribution < -0.4 is 10.6 Å². The van der Waals surface area contributed by atoms with E-state index in [1.54, 1.807) is 23.8 Å². The lowest BCUT2D eigenvalue weighted by molar-refractivity contribution is -0.122. The highest BCUT2D eigenvalue weighted by Crippen LogP contribution is 2.40. The molecule has 2 fully saturated rings. The highest BCUT2D eigenvalue weighted by atomic mass is 32.1. The Bertz CT molecular complexity index is 888. The predicted octanol–water partition coefficient (Wildman–Crippen LogP) is 1.81. The van der Waals surface area contributed by atoms with Crippen LogP contribution in [0.5, 0.6) is 0 Å². The first-order chi connectivity index (χ1) is 14.4. The fourth-order valence-corrected chi connectivity index (χ4v) is 5.15. The molecule has 1 aromatic carbocycles. The summed E-state index contributed by atoms with van der Waals surface area (Å²) in [6.45, 7) is 3.55. The van der Waals surface area contributed by atoms with Gasteiger partial charge in [0.15, 0.2) is 0 Å². The van der Waals surface area contributed by atoms with Crippen LogP contribution in [0.1, 0.15) is 46.5 Å². The lowest BCUT2D eigenvalue weighted by Crippen LogP contribution is -2.63. The van der Waals surface area contributed by atoms with Gasteiger partial charge in [-0.05, 0) is 44.7 Å². The van der Waals surface area contributed by atoms with Crippen molar-refractivity contribution in [3.8, 4) is 0 Å². The quantitative estimate of drug-likeness (QED) is 0.652. The maximum absolute atomic E-state index is 12.2. The first kappa shape index (κ1) is 21.0. The van der Waals surface area contributed by atoms with Crippen LogP contribution in [0.15, 0.2) is 36.0 Å². The number of aromatic nitrogens is 1. The minimum atomic E-state index is -0.731. The van der Waals surface area contributed by atoms with Crippen LogP contribution in [0, 0.1) is 6.92 Å². The van der Waals surface area contributed by atoms with E-state index in [-0.39, 0.29) is 24.4 Å². The fraction of sp³-hybridized carbons (Fsp3) is 0.500. The third-order valence-corrected chi connectivity index (χ3v) is 7.12. The molecule has 1 aliphatic heterocycles. The van der Waals surface area contributed by atoms with E-state index in [0.717, 1.165) is 49.2 Å². The monoisotopic (exact) mass is 428 g/mol. The predicted molar refractivity (Wildman–Crippen MR) is 115 cm³/mol. The first-order valence-corrected chi connectivity index (χ1v) is 11.3. The van der Waals surface area contributed by atoms with Crippen molar-refractivity contribution in [3.05, 3.63) is 52.0 Å². The number of thiazole rings is 1. The topological polar surface area (TPSA) is 94.6 Å². The Morgan fingerprint density at radius 3 is 2.73 bits per heavy atom. The normalized spacial score (nSPS) is 24.8. The summed E-state index contributed by atoms with van der Waals surface area (Å²) in [5, 5.41) is 16.5. The van der Waals surface area contributed by atoms with Gasteiger partial charge < -0.3 is 15.7 Å². The summed E-state index contributed by atoms with van der Waals surface area (Å²) in [4.78, 5) is 31.7. The van der Waals surface area contributed by atoms with Crippen molar-refractivity contribution >= 4 is 23.2 Å². The second-order valence-electron chi connectivity index (χ2n) is 8.40. The first-order valence-electron chi connectivity index (χ1n) is 10.4. The average molecular weight is 429 g/mol. The SMILES string of the molecule is Cc1cccc(C(=O)NCC(=O)NC2CN([C@H]3CC[C@@](O)(c4cncs4)CC3)C2)c1. The molecule has 1 aliphatic carbocycles. The molecule has 0 atom stereocenters. The Balaban J connectivity index is 1.16. The van der Waals surface area contributed by atoms with E-state index in [1.807, 2.05) is 19.1 Å². The van der Waals surface area contributed by atoms with Gasteiger partial charge >= 0.3 is 0 Å². The number of nitrogens with zero attached hydrogens (tertiary/aromatic N) is 2. The lowest BCUT2D eigenvalue weighted by Gasteiger charge is -2.48. The highest BCUT2D eigenvalue weighted by Gasteiger charge is 2.40. The minimum Gasteiger partial charge on any atom is -0.384 e. The third-order valence-electron chi connectivity index (χ3n) is 6.15. The molecule has 1 aromatic heterocycles. The molecule has 0 spiro atoms. The minimum absolute atomic E-state index is 0.0193. The molecule has 2 heterocycles. The zero-order chi connectivity index (χ0) is 21.1. The number of likely N-dealkylation sites (tertiary alicyclic amines) is 1. The van der Waals surface area contributed by atoms with Crippen LogP contribution in [0.25, 0.3) is 0 Å². The van der Waals surface area contributed by atoms with Crippen LogP contribution >= 0.6 is 11.3 Å². The van der Waals surface area contributed by atoms with E-state index in [1.165, 1.54) is 11.3 Å². The molecule has 4 rings (SSSR count). The number of amides is 2. The summed E-state index contributed by atoms with van der Waals surface area (Å²) in [6.07, 6.45) is 5.16. The molecule has 7 nitrogen and oxygen atoms in total. The Morgan fingerprint density at radius 2 is 2.07 bits per heavy atom. The van der Waals surface area contributed by atoms with Gasteiger partial charge in [-0.2, -0.15) is 0 Å². The lowest BCUT2D eigenvalue weighted by atomic mass is 9.80. The van der Waals surface area contributed by atoms with Gasteiger partial charge in [0.2, 0.25) is 5.91 Å². The van der Waals surface area contributed by atoms with Crippen molar-refractivity contribution in [3.63, 3.8) is 0 Å². The molecule has 0 bridgehead atoms. The van der Waals surface area contributed by atoms with Crippen LogP contribution in [0.3, 0.4) is 0 Å². The fourth-order valence-electron chi connectivity index (χ4n) is 4.37. The molecule has 2 amide bonds. The second kappa shape index (κ2) is 8.83. The van der Waals surface area contributed by atoms with E-state index < -0.39 is 5.60 Å². The molecular formula is C22H28N4O3S. The van der Waals surface area contributed by atoms with Crippen LogP contribution in [0.2, 0.25) is 0 Å². The number of carbonyl (C=O) groups is 2. The van der Waals surface area contributed by atoms with Crippen molar-refractivity contribution in [2.75, 3.05) is 19.6 Å². The van der Waals surface area contributed by atoms with Crippen molar-refractivity contribution in [1.29, 1.82) is 0 Å². The van der Waals surface area contributed by atoms with E-state index in [0.29, 0.717) is 11.6 Å². The summed E-state index contributed by atoms with van der Waals surface area (Å²) in [6, 6.07) is 7.87. The zero-order valence-corrected chi connectivity index (χ0v) is 18.0. The number of hydrogen-bond acceptors (Lipinski definition) is 6. The van der Waals surface area contributed by atoms with Crippen molar-refractivity contribution in [1.82, 2.24) is 20.5 Å². The van der Waals surface area contributed by atoms with Gasteiger partial charge in [0.05, 0.1) is 23.0 Å². The van der Waals surface area contributed by atoms with Crippen LogP contribution in [0.4, 0.5) is 0 Å². The molecule has 0 unspecified atom stereocenters. The molecule has 8 heteroatoms. The largest absolute Gasteiger partial charge is 0.384 e. The smallest absolute Gasteiger partial charge is 0.251 e. The standard InChI is InChI=1S/C22H28N4O3S/c1-15-3-2-4-16(9-15)21(28)24-11-20(27)25-17-12-26(13-17)18-5-7-22(29,8-6-18)19-10-23-14-30-19/h2-4,9-10,14,17-18,29H,5-8,11-13H2,1H3,(H,24,28)(H,25,27)/t18-,22-. The Labute approximate surface area is 180 Å². The number of carbonyl (C=O) groups excluding carboxylic acids is 2. The maximum Gasteiger partial charge on any atom is 0.251 e. The average Bonchev–Trinajstić information content (AvgIpc) is 3.25. The Hall–Kier alpha value is -2.29. The summed E-state index contributed by atoms with van der Waals surface area (Å²) >= 11 is 1.52. The van der Waals surface area contributed by atoms with Gasteiger partial charge in [-0.1, -0.05) is 17.7 Å². The Kier molecular flexibility index (Phi) is 6.17. The summed E-state index contributed by atoms with van der Waals surface area (Å²) in [5.41, 5.74) is 2.61. The van der Waals surface area contributed by atoms with Crippen LogP contribution in [-0.2, 0) is 10.4 Å². The maximum atomic E-state index is 12.2. The molecule has 2 aromatic rings. The van der Waals surface area contributed by atoms with Gasteiger partial charge in [-0.15, -0.1) is 11.3 Å². The van der Waals surface area contributed by atoms with E-state index in [2.05, 4.69) is 20.5 Å². The molecule has 0 radical (unpaired) electrons. The van der Waals surface area contributed by atoms with Crippen molar-refractivity contribution in [2.45, 2.75) is 50.3 Å². The number of nitrogens with one attached hydrogen (secondary N) is 2. The van der Waals surface area contributed by atoms with Gasteiger partial charge in [0, 0.05) is 30.9 Å². The number of aryl methyl sites for hydroxylation is 1. The van der Waals surface area contributed by atoms with E-state index in [9.17, 15) is 14.7 Å². The number of rotatable bonds is 6. The molecule has 160 valence electrons. The van der Waals surface area contributed by atoms with Gasteiger partial charge in [-0.3, -0.25) is 19.5 Å². The summed E-state index contributed by atoms with van der Waals surface area (Å²) in [5.74, 6) is -0.399. The second-order valence-corrected chi connectivity index (χ2v) is 9.29.